The molecule has 1 unspecified atom stereocenters. The third-order valence-corrected chi connectivity index (χ3v) is 8.00. The number of carbonyl (C=O) groups is 2. The van der Waals surface area contributed by atoms with Crippen molar-refractivity contribution in [3.05, 3.63) is 28.2 Å². The number of aromatic nitrogens is 1. The van der Waals surface area contributed by atoms with Gasteiger partial charge < -0.3 is 20.1 Å². The van der Waals surface area contributed by atoms with Crippen molar-refractivity contribution in [3.63, 3.8) is 0 Å². The molecule has 2 rings (SSSR count). The summed E-state index contributed by atoms with van der Waals surface area (Å²) in [5.41, 5.74) is -0.676. The largest absolute Gasteiger partial charge is 0.462 e. The topological polar surface area (TPSA) is 117 Å². The van der Waals surface area contributed by atoms with Gasteiger partial charge in [-0.05, 0) is 32.1 Å². The van der Waals surface area contributed by atoms with E-state index in [1.54, 1.807) is 26.2 Å². The van der Waals surface area contributed by atoms with E-state index in [0.29, 0.717) is 12.1 Å². The number of ketones is 1. The Morgan fingerprint density at radius 3 is 2.50 bits per heavy atom. The predicted molar refractivity (Wildman–Crippen MR) is 132 cm³/mol. The summed E-state index contributed by atoms with van der Waals surface area (Å²) in [6.45, 7) is 10.5. The number of aliphatic hydroxyl groups is 3. The molecule has 0 fully saturated rings. The number of aliphatic hydroxyl groups excluding tert-OH is 3. The van der Waals surface area contributed by atoms with Gasteiger partial charge in [0, 0.05) is 23.6 Å². The molecule has 0 aliphatic carbocycles. The van der Waals surface area contributed by atoms with Crippen LogP contribution >= 0.6 is 11.3 Å². The lowest BCUT2D eigenvalue weighted by atomic mass is 9.73. The third kappa shape index (κ3) is 7.20. The average molecular weight is 496 g/mol. The maximum atomic E-state index is 13.1. The molecule has 3 N–H and O–H groups in total. The van der Waals surface area contributed by atoms with E-state index in [1.807, 2.05) is 32.9 Å². The Labute approximate surface area is 207 Å². The highest BCUT2D eigenvalue weighted by molar-refractivity contribution is 7.09. The minimum Gasteiger partial charge on any atom is -0.462 e. The van der Waals surface area contributed by atoms with Crippen molar-refractivity contribution in [2.75, 3.05) is 0 Å². The van der Waals surface area contributed by atoms with Gasteiger partial charge in [0.25, 0.3) is 0 Å². The second kappa shape index (κ2) is 12.4. The molecule has 0 radical (unpaired) electrons. The van der Waals surface area contributed by atoms with Gasteiger partial charge in [0.05, 0.1) is 34.7 Å². The Morgan fingerprint density at radius 1 is 1.21 bits per heavy atom. The first-order valence-electron chi connectivity index (χ1n) is 12.2. The highest BCUT2D eigenvalue weighted by Gasteiger charge is 2.42. The van der Waals surface area contributed by atoms with Crippen molar-refractivity contribution < 1.29 is 29.6 Å². The number of carbonyl (C=O) groups excluding carboxylic acids is 2. The number of aryl methyl sites for hydroxylation is 1. The molecule has 1 aromatic rings. The first kappa shape index (κ1) is 28.6. The SMILES string of the molecule is Cc1nc([C@H](O)C(C)[C@@H]2C/C=C\CCC[C@H](C)[C@H](O)[C@@H](C)C(=O)C(C)(C)[C@@H](O)CC(=O)O2)cs1. The summed E-state index contributed by atoms with van der Waals surface area (Å²) in [6, 6.07) is 0. The molecule has 1 aliphatic heterocycles. The first-order valence-corrected chi connectivity index (χ1v) is 13.1. The number of rotatable bonds is 3. The number of thiazole rings is 1. The summed E-state index contributed by atoms with van der Waals surface area (Å²) >= 11 is 1.45. The van der Waals surface area contributed by atoms with Crippen molar-refractivity contribution in [2.24, 2.45) is 23.2 Å². The summed E-state index contributed by atoms with van der Waals surface area (Å²) in [6.07, 6.45) is 2.87. The van der Waals surface area contributed by atoms with E-state index in [9.17, 15) is 24.9 Å². The lowest BCUT2D eigenvalue weighted by Gasteiger charge is -2.34. The molecule has 1 aromatic heterocycles. The van der Waals surface area contributed by atoms with Crippen LogP contribution in [0.25, 0.3) is 0 Å². The van der Waals surface area contributed by atoms with E-state index in [4.69, 9.17) is 4.74 Å². The van der Waals surface area contributed by atoms with Gasteiger partial charge in [-0.15, -0.1) is 11.3 Å². The van der Waals surface area contributed by atoms with E-state index in [1.165, 1.54) is 11.3 Å². The zero-order chi connectivity index (χ0) is 25.6. The van der Waals surface area contributed by atoms with Crippen molar-refractivity contribution in [1.82, 2.24) is 4.98 Å². The van der Waals surface area contributed by atoms with E-state index in [-0.39, 0.29) is 18.1 Å². The Morgan fingerprint density at radius 2 is 1.88 bits per heavy atom. The molecule has 192 valence electrons. The summed E-state index contributed by atoms with van der Waals surface area (Å²) < 4.78 is 5.73. The smallest absolute Gasteiger partial charge is 0.308 e. The molecule has 7 atom stereocenters. The molecule has 8 heteroatoms. The van der Waals surface area contributed by atoms with Crippen LogP contribution in [0, 0.1) is 30.1 Å². The number of hydrogen-bond donors (Lipinski definition) is 3. The Bertz CT molecular complexity index is 850. The van der Waals surface area contributed by atoms with Crippen LogP contribution in [0.15, 0.2) is 17.5 Å². The molecule has 1 aliphatic rings. The van der Waals surface area contributed by atoms with Gasteiger partial charge in [0.15, 0.2) is 0 Å². The molecular formula is C26H41NO6S. The standard InChI is InChI=1S/C26H41NO6S/c1-15-11-9-7-8-10-12-20(16(2)24(31)19-14-34-18(4)27-19)33-22(29)13-21(28)26(5,6)25(32)17(3)23(15)30/h8,10,14-17,20-21,23-24,28,30-31H,7,9,11-13H2,1-6H3/b10-8-/t15-,16?,17+,20-,21-,23-,24+/m0/s1. The van der Waals surface area contributed by atoms with Gasteiger partial charge in [0.1, 0.15) is 18.0 Å². The third-order valence-electron chi connectivity index (χ3n) is 7.21. The maximum absolute atomic E-state index is 13.1. The normalized spacial score (nSPS) is 32.6. The number of cyclic esters (lactones) is 1. The fourth-order valence-electron chi connectivity index (χ4n) is 4.46. The quantitative estimate of drug-likeness (QED) is 0.426. The minimum atomic E-state index is -1.26. The molecule has 0 saturated heterocycles. The van der Waals surface area contributed by atoms with Crippen LogP contribution < -0.4 is 0 Å². The summed E-state index contributed by atoms with van der Waals surface area (Å²) in [4.78, 5) is 30.3. The number of esters is 1. The van der Waals surface area contributed by atoms with Crippen molar-refractivity contribution in [2.45, 2.75) is 98.1 Å². The van der Waals surface area contributed by atoms with Crippen molar-refractivity contribution in [3.8, 4) is 0 Å². The van der Waals surface area contributed by atoms with Gasteiger partial charge in [-0.1, -0.05) is 46.8 Å². The van der Waals surface area contributed by atoms with Crippen LogP contribution in [0.4, 0.5) is 0 Å². The predicted octanol–water partition coefficient (Wildman–Crippen LogP) is 4.14. The summed E-state index contributed by atoms with van der Waals surface area (Å²) in [5, 5.41) is 35.0. The van der Waals surface area contributed by atoms with E-state index in [0.717, 1.165) is 24.3 Å². The lowest BCUT2D eigenvalue weighted by molar-refractivity contribution is -0.159. The van der Waals surface area contributed by atoms with Crippen LogP contribution in [0.1, 0.15) is 83.5 Å². The highest BCUT2D eigenvalue weighted by Crippen LogP contribution is 2.33. The van der Waals surface area contributed by atoms with Gasteiger partial charge in [0.2, 0.25) is 0 Å². The molecule has 7 nitrogen and oxygen atoms in total. The molecule has 0 amide bonds. The fourth-order valence-corrected chi connectivity index (χ4v) is 5.11. The van der Waals surface area contributed by atoms with Crippen LogP contribution in [-0.2, 0) is 14.3 Å². The summed E-state index contributed by atoms with van der Waals surface area (Å²) in [5.74, 6) is -2.06. The molecule has 0 bridgehead atoms. The zero-order valence-corrected chi connectivity index (χ0v) is 22.0. The van der Waals surface area contributed by atoms with Crippen LogP contribution in [0.5, 0.6) is 0 Å². The average Bonchev–Trinajstić information content (AvgIpc) is 3.23. The van der Waals surface area contributed by atoms with Crippen molar-refractivity contribution in [1.29, 1.82) is 0 Å². The fraction of sp³-hybridized carbons (Fsp3) is 0.731. The van der Waals surface area contributed by atoms with E-state index >= 15 is 0 Å². The van der Waals surface area contributed by atoms with Gasteiger partial charge in [-0.25, -0.2) is 4.98 Å². The Hall–Kier alpha value is -1.61. The van der Waals surface area contributed by atoms with Crippen LogP contribution in [0.3, 0.4) is 0 Å². The zero-order valence-electron chi connectivity index (χ0n) is 21.2. The number of allylic oxidation sites excluding steroid dienone is 1. The Balaban J connectivity index is 2.26. The van der Waals surface area contributed by atoms with Crippen LogP contribution in [-0.4, -0.2) is 50.4 Å². The number of Topliss-reactive ketones (excluding diaryl/α,β-unsaturated/α-hetero) is 1. The number of nitrogens with zero attached hydrogens (tertiary/aromatic N) is 1. The maximum Gasteiger partial charge on any atom is 0.308 e. The second-order valence-electron chi connectivity index (χ2n) is 10.3. The van der Waals surface area contributed by atoms with Gasteiger partial charge in [-0.3, -0.25) is 9.59 Å². The summed E-state index contributed by atoms with van der Waals surface area (Å²) in [7, 11) is 0. The van der Waals surface area contributed by atoms with Crippen molar-refractivity contribution >= 4 is 23.1 Å². The second-order valence-corrected chi connectivity index (χ2v) is 11.4. The van der Waals surface area contributed by atoms with E-state index < -0.39 is 47.6 Å². The number of hydrogen-bond acceptors (Lipinski definition) is 8. The lowest BCUT2D eigenvalue weighted by Crippen LogP contribution is -2.45. The molecule has 0 aromatic carbocycles. The monoisotopic (exact) mass is 495 g/mol. The molecule has 34 heavy (non-hydrogen) atoms. The Kier molecular flexibility index (Phi) is 10.4. The van der Waals surface area contributed by atoms with Gasteiger partial charge in [-0.2, -0.15) is 0 Å². The molecule has 2 heterocycles. The number of ether oxygens (including phenoxy) is 1. The van der Waals surface area contributed by atoms with Crippen LogP contribution in [0.2, 0.25) is 0 Å². The minimum absolute atomic E-state index is 0.0670. The molecular weight excluding hydrogens is 454 g/mol. The van der Waals surface area contributed by atoms with Gasteiger partial charge >= 0.3 is 5.97 Å². The molecule has 0 saturated carbocycles. The van der Waals surface area contributed by atoms with E-state index in [2.05, 4.69) is 4.98 Å². The molecule has 0 spiro atoms. The highest BCUT2D eigenvalue weighted by atomic mass is 32.1. The first-order chi connectivity index (χ1) is 15.9.